The van der Waals surface area contributed by atoms with Crippen LogP contribution in [0.15, 0.2) is 45.1 Å². The van der Waals surface area contributed by atoms with Crippen molar-refractivity contribution in [2.45, 2.75) is 24.8 Å². The highest BCUT2D eigenvalue weighted by molar-refractivity contribution is 7.89. The Labute approximate surface area is 166 Å². The van der Waals surface area contributed by atoms with Crippen molar-refractivity contribution in [2.75, 3.05) is 18.5 Å². The summed E-state index contributed by atoms with van der Waals surface area (Å²) < 4.78 is 32.3. The lowest BCUT2D eigenvalue weighted by Gasteiger charge is -2.17. The number of amides is 1. The van der Waals surface area contributed by atoms with E-state index in [1.54, 1.807) is 17.0 Å². The Hall–Kier alpha value is -2.56. The number of carbonyl (C=O) groups excluding carboxylic acids is 1. The smallest absolute Gasteiger partial charge is 0.243 e. The fraction of sp³-hybridized carbons (Fsp3) is 0.278. The normalized spacial score (nSPS) is 13.9. The van der Waals surface area contributed by atoms with Gasteiger partial charge in [0.15, 0.2) is 0 Å². The number of thiophene rings is 1. The summed E-state index contributed by atoms with van der Waals surface area (Å²) in [6, 6.07) is 8.60. The Morgan fingerprint density at radius 1 is 1.36 bits per heavy atom. The van der Waals surface area contributed by atoms with Gasteiger partial charge < -0.3 is 9.42 Å². The summed E-state index contributed by atoms with van der Waals surface area (Å²) in [5.74, 6) is 0.612. The molecule has 10 heteroatoms. The molecule has 146 valence electrons. The van der Waals surface area contributed by atoms with Crippen molar-refractivity contribution in [1.29, 1.82) is 0 Å². The first-order chi connectivity index (χ1) is 13.4. The number of sulfonamides is 1. The van der Waals surface area contributed by atoms with E-state index in [9.17, 15) is 13.2 Å². The van der Waals surface area contributed by atoms with Crippen molar-refractivity contribution in [1.82, 2.24) is 14.4 Å². The molecule has 0 N–H and O–H groups in total. The second-order valence-electron chi connectivity index (χ2n) is 6.46. The van der Waals surface area contributed by atoms with Crippen molar-refractivity contribution in [3.05, 3.63) is 47.2 Å². The van der Waals surface area contributed by atoms with E-state index in [1.165, 1.54) is 35.7 Å². The highest BCUT2D eigenvalue weighted by Crippen LogP contribution is 2.31. The Morgan fingerprint density at radius 3 is 2.89 bits per heavy atom. The summed E-state index contributed by atoms with van der Waals surface area (Å²) in [4.78, 5) is 18.6. The molecule has 1 aliphatic heterocycles. The number of aromatic nitrogens is 2. The van der Waals surface area contributed by atoms with Gasteiger partial charge in [0.2, 0.25) is 27.6 Å². The van der Waals surface area contributed by atoms with E-state index in [4.69, 9.17) is 4.52 Å². The van der Waals surface area contributed by atoms with Crippen LogP contribution in [0, 0.1) is 0 Å². The Kier molecular flexibility index (Phi) is 4.77. The summed E-state index contributed by atoms with van der Waals surface area (Å²) >= 11 is 1.48. The second-order valence-corrected chi connectivity index (χ2v) is 9.45. The number of nitrogens with zero attached hydrogens (tertiary/aromatic N) is 4. The molecule has 0 saturated heterocycles. The number of carbonyl (C=O) groups is 1. The molecule has 0 aliphatic carbocycles. The number of anilines is 1. The molecule has 0 saturated carbocycles. The molecule has 0 fully saturated rings. The van der Waals surface area contributed by atoms with E-state index in [-0.39, 0.29) is 23.2 Å². The molecule has 3 heterocycles. The molecule has 28 heavy (non-hydrogen) atoms. The Bertz CT molecular complexity index is 1120. The zero-order valence-electron chi connectivity index (χ0n) is 15.3. The molecule has 3 aromatic rings. The van der Waals surface area contributed by atoms with E-state index in [1.807, 2.05) is 17.5 Å². The van der Waals surface area contributed by atoms with Crippen molar-refractivity contribution >= 4 is 33.0 Å². The van der Waals surface area contributed by atoms with E-state index in [0.29, 0.717) is 18.8 Å². The zero-order chi connectivity index (χ0) is 19.9. The summed E-state index contributed by atoms with van der Waals surface area (Å²) in [6.45, 7) is 2.04. The number of hydrogen-bond donors (Lipinski definition) is 0. The lowest BCUT2D eigenvalue weighted by molar-refractivity contribution is -0.116. The van der Waals surface area contributed by atoms with Crippen molar-refractivity contribution < 1.29 is 17.7 Å². The van der Waals surface area contributed by atoms with E-state index >= 15 is 0 Å². The first-order valence-corrected chi connectivity index (χ1v) is 10.9. The maximum absolute atomic E-state index is 12.9. The van der Waals surface area contributed by atoms with Crippen LogP contribution < -0.4 is 4.90 Å². The predicted octanol–water partition coefficient (Wildman–Crippen LogP) is 2.53. The monoisotopic (exact) mass is 418 g/mol. The molecule has 0 bridgehead atoms. The minimum atomic E-state index is -3.74. The van der Waals surface area contributed by atoms with Crippen LogP contribution in [0.25, 0.3) is 10.7 Å². The average Bonchev–Trinajstić information content (AvgIpc) is 3.40. The first kappa shape index (κ1) is 18.8. The fourth-order valence-electron chi connectivity index (χ4n) is 3.15. The third-order valence-corrected chi connectivity index (χ3v) is 7.27. The standard InChI is InChI=1S/C18H18N4O4S2/c1-12(23)22-8-7-13-10-14(5-6-15(13)22)28(24,25)21(2)11-17-19-18(20-26-17)16-4-3-9-27-16/h3-6,9-10H,7-8,11H2,1-2H3. The minimum Gasteiger partial charge on any atom is -0.337 e. The quantitative estimate of drug-likeness (QED) is 0.632. The Morgan fingerprint density at radius 2 is 2.18 bits per heavy atom. The molecule has 4 rings (SSSR count). The van der Waals surface area contributed by atoms with Gasteiger partial charge in [-0.25, -0.2) is 8.42 Å². The van der Waals surface area contributed by atoms with Gasteiger partial charge in [-0.05, 0) is 41.6 Å². The van der Waals surface area contributed by atoms with E-state index in [2.05, 4.69) is 10.1 Å². The maximum atomic E-state index is 12.9. The number of hydrogen-bond acceptors (Lipinski definition) is 7. The van der Waals surface area contributed by atoms with Gasteiger partial charge in [-0.3, -0.25) is 4.79 Å². The number of benzene rings is 1. The predicted molar refractivity (Wildman–Crippen MR) is 104 cm³/mol. The third-order valence-electron chi connectivity index (χ3n) is 4.60. The maximum Gasteiger partial charge on any atom is 0.243 e. The highest BCUT2D eigenvalue weighted by atomic mass is 32.2. The molecule has 1 aromatic carbocycles. The fourth-order valence-corrected chi connectivity index (χ4v) is 4.97. The molecule has 2 aromatic heterocycles. The molecular formula is C18H18N4O4S2. The zero-order valence-corrected chi connectivity index (χ0v) is 17.0. The molecule has 0 unspecified atom stereocenters. The van der Waals surface area contributed by atoms with Crippen LogP contribution >= 0.6 is 11.3 Å². The summed E-state index contributed by atoms with van der Waals surface area (Å²) in [6.07, 6.45) is 0.635. The largest absolute Gasteiger partial charge is 0.337 e. The van der Waals surface area contributed by atoms with Crippen molar-refractivity contribution in [3.8, 4) is 10.7 Å². The second kappa shape index (κ2) is 7.12. The van der Waals surface area contributed by atoms with Crippen LogP contribution in [-0.2, 0) is 27.8 Å². The molecule has 1 amide bonds. The summed E-state index contributed by atoms with van der Waals surface area (Å²) in [7, 11) is -2.26. The van der Waals surface area contributed by atoms with Gasteiger partial charge in [0.05, 0.1) is 16.3 Å². The van der Waals surface area contributed by atoms with Crippen LogP contribution in [-0.4, -0.2) is 42.4 Å². The van der Waals surface area contributed by atoms with Crippen LogP contribution in [0.1, 0.15) is 18.4 Å². The van der Waals surface area contributed by atoms with Gasteiger partial charge in [-0.1, -0.05) is 11.2 Å². The van der Waals surface area contributed by atoms with Crippen LogP contribution in [0.5, 0.6) is 0 Å². The van der Waals surface area contributed by atoms with Gasteiger partial charge in [-0.15, -0.1) is 11.3 Å². The molecule has 0 spiro atoms. The summed E-state index contributed by atoms with van der Waals surface area (Å²) in [5.41, 5.74) is 1.62. The summed E-state index contributed by atoms with van der Waals surface area (Å²) in [5, 5.41) is 5.81. The van der Waals surface area contributed by atoms with E-state index in [0.717, 1.165) is 16.1 Å². The van der Waals surface area contributed by atoms with Crippen molar-refractivity contribution in [2.24, 2.45) is 0 Å². The van der Waals surface area contributed by atoms with Crippen LogP contribution in [0.4, 0.5) is 5.69 Å². The highest BCUT2D eigenvalue weighted by Gasteiger charge is 2.27. The topological polar surface area (TPSA) is 96.6 Å². The van der Waals surface area contributed by atoms with Gasteiger partial charge in [-0.2, -0.15) is 9.29 Å². The first-order valence-electron chi connectivity index (χ1n) is 8.60. The molecule has 1 aliphatic rings. The Balaban J connectivity index is 1.54. The average molecular weight is 419 g/mol. The van der Waals surface area contributed by atoms with Crippen molar-refractivity contribution in [3.63, 3.8) is 0 Å². The van der Waals surface area contributed by atoms with Gasteiger partial charge in [0.1, 0.15) is 0 Å². The SMILES string of the molecule is CC(=O)N1CCc2cc(S(=O)(=O)N(C)Cc3nc(-c4cccs4)no3)ccc21. The molecule has 0 radical (unpaired) electrons. The van der Waals surface area contributed by atoms with Gasteiger partial charge in [0.25, 0.3) is 0 Å². The molecular weight excluding hydrogens is 400 g/mol. The molecule has 8 nitrogen and oxygen atoms in total. The van der Waals surface area contributed by atoms with Crippen LogP contribution in [0.3, 0.4) is 0 Å². The lowest BCUT2D eigenvalue weighted by Crippen LogP contribution is -2.27. The van der Waals surface area contributed by atoms with E-state index < -0.39 is 10.0 Å². The minimum absolute atomic E-state index is 0.0304. The number of fused-ring (bicyclic) bond motifs is 1. The lowest BCUT2D eigenvalue weighted by atomic mass is 10.2. The third kappa shape index (κ3) is 3.34. The van der Waals surface area contributed by atoms with Crippen LogP contribution in [0.2, 0.25) is 0 Å². The molecule has 0 atom stereocenters. The van der Waals surface area contributed by atoms with Gasteiger partial charge >= 0.3 is 0 Å². The van der Waals surface area contributed by atoms with Gasteiger partial charge in [0, 0.05) is 26.2 Å². The number of rotatable bonds is 5.